The van der Waals surface area contributed by atoms with Gasteiger partial charge in [0.25, 0.3) is 0 Å². The van der Waals surface area contributed by atoms with Gasteiger partial charge in [-0.3, -0.25) is 0 Å². The normalized spacial score (nSPS) is 10.0. The Balaban J connectivity index is 2.99. The second kappa shape index (κ2) is 3.67. The third kappa shape index (κ3) is 1.90. The molecule has 0 fully saturated rings. The minimum Gasteiger partial charge on any atom is -0.398 e. The molecule has 2 heteroatoms. The van der Waals surface area contributed by atoms with Gasteiger partial charge in [-0.2, -0.15) is 0 Å². The van der Waals surface area contributed by atoms with Crippen molar-refractivity contribution in [3.8, 4) is 0 Å². The Morgan fingerprint density at radius 2 is 2.18 bits per heavy atom. The molecule has 0 aliphatic carbocycles. The molecule has 0 aromatic heterocycles. The third-order valence-corrected chi connectivity index (χ3v) is 2.51. The third-order valence-electron chi connectivity index (χ3n) is 1.70. The molecule has 60 valence electrons. The van der Waals surface area contributed by atoms with Crippen molar-refractivity contribution in [3.63, 3.8) is 0 Å². The molecular formula is C9H13NS. The summed E-state index contributed by atoms with van der Waals surface area (Å²) in [5.41, 5.74) is 7.99. The number of thioether (sulfide) groups is 1. The fourth-order valence-corrected chi connectivity index (χ4v) is 1.50. The van der Waals surface area contributed by atoms with Gasteiger partial charge in [0.05, 0.1) is 0 Å². The van der Waals surface area contributed by atoms with E-state index in [-0.39, 0.29) is 0 Å². The Kier molecular flexibility index (Phi) is 2.83. The summed E-state index contributed by atoms with van der Waals surface area (Å²) in [6, 6.07) is 6.26. The highest BCUT2D eigenvalue weighted by Crippen LogP contribution is 2.23. The molecule has 0 heterocycles. The highest BCUT2D eigenvalue weighted by atomic mass is 32.2. The molecular weight excluding hydrogens is 154 g/mol. The Morgan fingerprint density at radius 1 is 1.45 bits per heavy atom. The Labute approximate surface area is 72.0 Å². The summed E-state index contributed by atoms with van der Waals surface area (Å²) < 4.78 is 0. The molecule has 0 bridgehead atoms. The van der Waals surface area contributed by atoms with Crippen LogP contribution in [0.3, 0.4) is 0 Å². The molecule has 0 aliphatic rings. The maximum Gasteiger partial charge on any atom is 0.0454 e. The summed E-state index contributed by atoms with van der Waals surface area (Å²) in [5.74, 6) is 0. The average Bonchev–Trinajstić information content (AvgIpc) is 2.04. The minimum atomic E-state index is 0.900. The summed E-state index contributed by atoms with van der Waals surface area (Å²) in [6.07, 6.45) is 3.09. The van der Waals surface area contributed by atoms with E-state index in [2.05, 4.69) is 19.1 Å². The summed E-state index contributed by atoms with van der Waals surface area (Å²) in [5, 5.41) is 0. The van der Waals surface area contributed by atoms with E-state index >= 15 is 0 Å². The average molecular weight is 167 g/mol. The maximum atomic E-state index is 5.79. The molecule has 1 nitrogen and oxygen atoms in total. The van der Waals surface area contributed by atoms with Crippen LogP contribution in [0.2, 0.25) is 0 Å². The molecule has 0 spiro atoms. The van der Waals surface area contributed by atoms with Gasteiger partial charge in [-0.05, 0) is 30.4 Å². The zero-order chi connectivity index (χ0) is 8.27. The molecule has 0 atom stereocenters. The molecule has 0 saturated carbocycles. The number of aryl methyl sites for hydroxylation is 1. The first kappa shape index (κ1) is 8.47. The quantitative estimate of drug-likeness (QED) is 0.541. The summed E-state index contributed by atoms with van der Waals surface area (Å²) in [4.78, 5) is 1.17. The highest BCUT2D eigenvalue weighted by Gasteiger charge is 1.96. The van der Waals surface area contributed by atoms with Gasteiger partial charge >= 0.3 is 0 Å². The van der Waals surface area contributed by atoms with Gasteiger partial charge in [0.2, 0.25) is 0 Å². The molecule has 0 amide bonds. The molecule has 0 unspecified atom stereocenters. The number of hydrogen-bond acceptors (Lipinski definition) is 2. The first-order valence-corrected chi connectivity index (χ1v) is 4.92. The van der Waals surface area contributed by atoms with Crippen molar-refractivity contribution in [2.75, 3.05) is 12.0 Å². The van der Waals surface area contributed by atoms with Gasteiger partial charge in [0.15, 0.2) is 0 Å². The molecule has 0 radical (unpaired) electrons. The summed E-state index contributed by atoms with van der Waals surface area (Å²) >= 11 is 1.69. The largest absolute Gasteiger partial charge is 0.398 e. The number of nitrogen functional groups attached to an aromatic ring is 1. The molecule has 1 aromatic carbocycles. The van der Waals surface area contributed by atoms with Crippen LogP contribution in [0.1, 0.15) is 12.5 Å². The Hall–Kier alpha value is -0.630. The van der Waals surface area contributed by atoms with Crippen LogP contribution in [0.15, 0.2) is 23.1 Å². The van der Waals surface area contributed by atoms with Gasteiger partial charge in [-0.1, -0.05) is 13.0 Å². The van der Waals surface area contributed by atoms with Crippen molar-refractivity contribution in [3.05, 3.63) is 23.8 Å². The molecule has 1 aromatic rings. The lowest BCUT2D eigenvalue weighted by atomic mass is 10.1. The number of benzene rings is 1. The lowest BCUT2D eigenvalue weighted by Crippen LogP contribution is -1.90. The fraction of sp³-hybridized carbons (Fsp3) is 0.333. The Bertz CT molecular complexity index is 245. The van der Waals surface area contributed by atoms with Crippen LogP contribution in [0, 0.1) is 0 Å². The van der Waals surface area contributed by atoms with Gasteiger partial charge in [-0.25, -0.2) is 0 Å². The number of rotatable bonds is 2. The van der Waals surface area contributed by atoms with E-state index in [9.17, 15) is 0 Å². The van der Waals surface area contributed by atoms with Crippen LogP contribution in [0.25, 0.3) is 0 Å². The maximum absolute atomic E-state index is 5.79. The number of anilines is 1. The lowest BCUT2D eigenvalue weighted by Gasteiger charge is -2.03. The van der Waals surface area contributed by atoms with E-state index in [0.29, 0.717) is 0 Å². The van der Waals surface area contributed by atoms with E-state index < -0.39 is 0 Å². The standard InChI is InChI=1S/C9H13NS/c1-3-7-4-5-9(11-2)8(10)6-7/h4-6H,3,10H2,1-2H3. The van der Waals surface area contributed by atoms with Crippen molar-refractivity contribution in [1.29, 1.82) is 0 Å². The van der Waals surface area contributed by atoms with Crippen LogP contribution in [-0.4, -0.2) is 6.26 Å². The fourth-order valence-electron chi connectivity index (χ4n) is 1.00. The summed E-state index contributed by atoms with van der Waals surface area (Å²) in [6.45, 7) is 2.13. The smallest absolute Gasteiger partial charge is 0.0454 e. The second-order valence-corrected chi connectivity index (χ2v) is 3.28. The van der Waals surface area contributed by atoms with Crippen LogP contribution >= 0.6 is 11.8 Å². The topological polar surface area (TPSA) is 26.0 Å². The van der Waals surface area contributed by atoms with Crippen LogP contribution < -0.4 is 5.73 Å². The van der Waals surface area contributed by atoms with Gasteiger partial charge < -0.3 is 5.73 Å². The molecule has 1 rings (SSSR count). The highest BCUT2D eigenvalue weighted by molar-refractivity contribution is 7.98. The van der Waals surface area contributed by atoms with Gasteiger partial charge in [-0.15, -0.1) is 11.8 Å². The summed E-state index contributed by atoms with van der Waals surface area (Å²) in [7, 11) is 0. The van der Waals surface area contributed by atoms with Crippen LogP contribution in [0.4, 0.5) is 5.69 Å². The van der Waals surface area contributed by atoms with Crippen molar-refractivity contribution >= 4 is 17.4 Å². The molecule has 0 saturated heterocycles. The van der Waals surface area contributed by atoms with E-state index in [1.807, 2.05) is 12.3 Å². The van der Waals surface area contributed by atoms with E-state index in [4.69, 9.17) is 5.73 Å². The van der Waals surface area contributed by atoms with Crippen molar-refractivity contribution in [1.82, 2.24) is 0 Å². The van der Waals surface area contributed by atoms with Gasteiger partial charge in [0, 0.05) is 10.6 Å². The van der Waals surface area contributed by atoms with Crippen LogP contribution in [0.5, 0.6) is 0 Å². The molecule has 11 heavy (non-hydrogen) atoms. The van der Waals surface area contributed by atoms with Crippen molar-refractivity contribution in [2.24, 2.45) is 0 Å². The first-order valence-electron chi connectivity index (χ1n) is 3.70. The lowest BCUT2D eigenvalue weighted by molar-refractivity contribution is 1.13. The van der Waals surface area contributed by atoms with E-state index in [1.54, 1.807) is 11.8 Å². The number of hydrogen-bond donors (Lipinski definition) is 1. The van der Waals surface area contributed by atoms with Crippen molar-refractivity contribution in [2.45, 2.75) is 18.2 Å². The predicted octanol–water partition coefficient (Wildman–Crippen LogP) is 2.55. The Morgan fingerprint density at radius 3 is 2.64 bits per heavy atom. The second-order valence-electron chi connectivity index (χ2n) is 2.43. The van der Waals surface area contributed by atoms with Crippen LogP contribution in [-0.2, 0) is 6.42 Å². The number of nitrogens with two attached hydrogens (primary N) is 1. The van der Waals surface area contributed by atoms with Gasteiger partial charge in [0.1, 0.15) is 0 Å². The molecule has 0 aliphatic heterocycles. The predicted molar refractivity (Wildman–Crippen MR) is 52.0 cm³/mol. The molecule has 2 N–H and O–H groups in total. The van der Waals surface area contributed by atoms with Crippen molar-refractivity contribution < 1.29 is 0 Å². The van der Waals surface area contributed by atoms with E-state index in [1.165, 1.54) is 10.5 Å². The minimum absolute atomic E-state index is 0.900. The zero-order valence-corrected chi connectivity index (χ0v) is 7.74. The SMILES string of the molecule is CCc1ccc(SC)c(N)c1. The van der Waals surface area contributed by atoms with E-state index in [0.717, 1.165) is 12.1 Å². The monoisotopic (exact) mass is 167 g/mol. The first-order chi connectivity index (χ1) is 5.27. The zero-order valence-electron chi connectivity index (χ0n) is 6.92.